The molecule has 1 saturated heterocycles. The SMILES string of the molecule is Cn1ccc(C(F)(F)F)c(-c2nccc3c(C[C@H](NC(=O)c4c(F)cc(N5CCOC[C@@H]5C5CC5)cc4F)C(=O)O)cccc23)c1=O. The number of hydrogen-bond donors (Lipinski definition) is 2. The summed E-state index contributed by atoms with van der Waals surface area (Å²) in [6, 6.07) is 6.98. The van der Waals surface area contributed by atoms with Gasteiger partial charge in [-0.25, -0.2) is 13.6 Å². The number of carboxylic acids is 1. The molecule has 2 fully saturated rings. The molecule has 0 bridgehead atoms. The van der Waals surface area contributed by atoms with Crippen LogP contribution < -0.4 is 15.8 Å². The molecule has 1 amide bonds. The van der Waals surface area contributed by atoms with Crippen LogP contribution in [0.25, 0.3) is 22.0 Å². The third-order valence-electron chi connectivity index (χ3n) is 8.65. The highest BCUT2D eigenvalue weighted by atomic mass is 19.4. The zero-order valence-electron chi connectivity index (χ0n) is 25.0. The molecule has 14 heteroatoms. The quantitative estimate of drug-likeness (QED) is 0.259. The number of amides is 1. The van der Waals surface area contributed by atoms with Crippen molar-refractivity contribution in [2.24, 2.45) is 13.0 Å². The van der Waals surface area contributed by atoms with E-state index < -0.39 is 64.4 Å². The summed E-state index contributed by atoms with van der Waals surface area (Å²) in [6.07, 6.45) is -1.11. The van der Waals surface area contributed by atoms with Gasteiger partial charge in [-0.1, -0.05) is 18.2 Å². The zero-order chi connectivity index (χ0) is 33.6. The predicted molar refractivity (Wildman–Crippen MR) is 161 cm³/mol. The molecule has 246 valence electrons. The lowest BCUT2D eigenvalue weighted by Gasteiger charge is -2.37. The number of nitrogens with one attached hydrogen (secondary N) is 1. The van der Waals surface area contributed by atoms with E-state index in [0.717, 1.165) is 41.8 Å². The molecule has 9 nitrogen and oxygen atoms in total. The van der Waals surface area contributed by atoms with E-state index >= 15 is 8.78 Å². The Labute approximate surface area is 264 Å². The number of aryl methyl sites for hydroxylation is 1. The van der Waals surface area contributed by atoms with E-state index in [1.165, 1.54) is 37.5 Å². The largest absolute Gasteiger partial charge is 0.480 e. The first-order valence-corrected chi connectivity index (χ1v) is 14.9. The van der Waals surface area contributed by atoms with Crippen molar-refractivity contribution in [2.45, 2.75) is 37.5 Å². The maximum atomic E-state index is 15.3. The van der Waals surface area contributed by atoms with Gasteiger partial charge in [-0.15, -0.1) is 0 Å². The normalized spacial score (nSPS) is 17.5. The maximum Gasteiger partial charge on any atom is 0.417 e. The van der Waals surface area contributed by atoms with Gasteiger partial charge in [-0.05, 0) is 54.0 Å². The molecule has 2 aliphatic rings. The Morgan fingerprint density at radius 3 is 2.49 bits per heavy atom. The van der Waals surface area contributed by atoms with E-state index in [4.69, 9.17) is 4.74 Å². The van der Waals surface area contributed by atoms with Crippen LogP contribution >= 0.6 is 0 Å². The number of hydrogen-bond acceptors (Lipinski definition) is 6. The number of rotatable bonds is 8. The van der Waals surface area contributed by atoms with E-state index in [2.05, 4.69) is 10.3 Å². The molecule has 6 rings (SSSR count). The summed E-state index contributed by atoms with van der Waals surface area (Å²) in [5, 5.41) is 12.6. The minimum atomic E-state index is -4.87. The van der Waals surface area contributed by atoms with Crippen molar-refractivity contribution in [3.8, 4) is 11.3 Å². The van der Waals surface area contributed by atoms with E-state index in [-0.39, 0.29) is 33.8 Å². The molecule has 47 heavy (non-hydrogen) atoms. The fourth-order valence-electron chi connectivity index (χ4n) is 6.15. The molecule has 1 aliphatic heterocycles. The number of morpholine rings is 1. The fraction of sp³-hybridized carbons (Fsp3) is 0.333. The van der Waals surface area contributed by atoms with Gasteiger partial charge in [-0.2, -0.15) is 13.2 Å². The van der Waals surface area contributed by atoms with Crippen molar-refractivity contribution in [3.05, 3.63) is 93.5 Å². The van der Waals surface area contributed by atoms with Crippen molar-refractivity contribution in [1.82, 2.24) is 14.9 Å². The Balaban J connectivity index is 1.30. The first-order valence-electron chi connectivity index (χ1n) is 14.9. The second-order valence-corrected chi connectivity index (χ2v) is 11.7. The van der Waals surface area contributed by atoms with Crippen LogP contribution in [0.2, 0.25) is 0 Å². The molecular formula is C33H29F5N4O5. The number of alkyl halides is 3. The lowest BCUT2D eigenvalue weighted by Crippen LogP contribution is -2.47. The van der Waals surface area contributed by atoms with Crippen LogP contribution in [0.5, 0.6) is 0 Å². The van der Waals surface area contributed by atoms with Crippen LogP contribution in [0.15, 0.2) is 59.7 Å². The van der Waals surface area contributed by atoms with Crippen LogP contribution in [0.1, 0.15) is 34.3 Å². The number of aliphatic carboxylic acids is 1. The summed E-state index contributed by atoms with van der Waals surface area (Å²) in [5.74, 6) is -4.77. The van der Waals surface area contributed by atoms with E-state index in [9.17, 15) is 32.7 Å². The molecule has 2 aromatic carbocycles. The molecule has 1 saturated carbocycles. The third kappa shape index (κ3) is 6.29. The van der Waals surface area contributed by atoms with Crippen LogP contribution in [-0.4, -0.2) is 58.4 Å². The molecule has 2 atom stereocenters. The number of pyridine rings is 2. The Kier molecular flexibility index (Phi) is 8.47. The first-order chi connectivity index (χ1) is 22.3. The minimum Gasteiger partial charge on any atom is -0.480 e. The lowest BCUT2D eigenvalue weighted by atomic mass is 9.95. The average Bonchev–Trinajstić information content (AvgIpc) is 3.87. The lowest BCUT2D eigenvalue weighted by molar-refractivity contribution is -0.139. The smallest absolute Gasteiger partial charge is 0.417 e. The van der Waals surface area contributed by atoms with Crippen LogP contribution in [0.3, 0.4) is 0 Å². The minimum absolute atomic E-state index is 0.0417. The predicted octanol–water partition coefficient (Wildman–Crippen LogP) is 4.94. The fourth-order valence-corrected chi connectivity index (χ4v) is 6.15. The van der Waals surface area contributed by atoms with Gasteiger partial charge >= 0.3 is 12.1 Å². The van der Waals surface area contributed by atoms with E-state index in [1.54, 1.807) is 0 Å². The summed E-state index contributed by atoms with van der Waals surface area (Å²) >= 11 is 0. The number of anilines is 1. The van der Waals surface area contributed by atoms with Crippen molar-refractivity contribution >= 4 is 28.3 Å². The molecule has 4 aromatic rings. The topological polar surface area (TPSA) is 114 Å². The van der Waals surface area contributed by atoms with Crippen LogP contribution in [-0.2, 0) is 29.2 Å². The van der Waals surface area contributed by atoms with Gasteiger partial charge in [-0.3, -0.25) is 14.6 Å². The molecule has 0 unspecified atom stereocenters. The third-order valence-corrected chi connectivity index (χ3v) is 8.65. The number of carbonyl (C=O) groups excluding carboxylic acids is 1. The standard InChI is InChI=1S/C33H29F5N4O5/c1-41-10-8-22(33(36,37)38)27(31(41)44)29-21-4-2-3-18(20(21)7-9-39-29)13-25(32(45)46)40-30(43)28-23(34)14-19(15-24(28)35)42-11-12-47-16-26(42)17-5-6-17/h2-4,7-10,14-15,17,25-26H,5-6,11-13,16H2,1H3,(H,40,43)(H,45,46)/t25-,26+/m0/s1. The number of benzene rings is 2. The molecular weight excluding hydrogens is 627 g/mol. The van der Waals surface area contributed by atoms with Gasteiger partial charge in [0, 0.05) is 43.5 Å². The van der Waals surface area contributed by atoms with Gasteiger partial charge in [0.25, 0.3) is 11.5 Å². The first kappa shape index (κ1) is 32.1. The number of ether oxygens (including phenoxy) is 1. The Morgan fingerprint density at radius 2 is 1.83 bits per heavy atom. The highest BCUT2D eigenvalue weighted by molar-refractivity contribution is 5.99. The molecule has 2 N–H and O–H groups in total. The Hall–Kier alpha value is -4.85. The number of fused-ring (bicyclic) bond motifs is 1. The molecule has 2 aromatic heterocycles. The van der Waals surface area contributed by atoms with Crippen molar-refractivity contribution in [3.63, 3.8) is 0 Å². The maximum absolute atomic E-state index is 15.3. The van der Waals surface area contributed by atoms with Crippen LogP contribution in [0.4, 0.5) is 27.6 Å². The molecule has 1 aliphatic carbocycles. The summed E-state index contributed by atoms with van der Waals surface area (Å²) in [7, 11) is 1.30. The van der Waals surface area contributed by atoms with Gasteiger partial charge in [0.2, 0.25) is 0 Å². The summed E-state index contributed by atoms with van der Waals surface area (Å²) in [4.78, 5) is 44.3. The van der Waals surface area contributed by atoms with E-state index in [0.29, 0.717) is 25.7 Å². The number of nitrogens with zero attached hydrogens (tertiary/aromatic N) is 3. The van der Waals surface area contributed by atoms with Gasteiger partial charge < -0.3 is 24.6 Å². The molecule has 0 radical (unpaired) electrons. The van der Waals surface area contributed by atoms with Crippen molar-refractivity contribution in [1.29, 1.82) is 0 Å². The number of halogens is 5. The van der Waals surface area contributed by atoms with Gasteiger partial charge in [0.05, 0.1) is 36.1 Å². The number of carboxylic acid groups (broad SMARTS) is 1. The average molecular weight is 657 g/mol. The van der Waals surface area contributed by atoms with Crippen LogP contribution in [0, 0.1) is 17.6 Å². The summed E-state index contributed by atoms with van der Waals surface area (Å²) < 4.78 is 78.9. The zero-order valence-corrected chi connectivity index (χ0v) is 25.0. The number of aromatic nitrogens is 2. The number of carbonyl (C=O) groups is 2. The highest BCUT2D eigenvalue weighted by Crippen LogP contribution is 2.39. The van der Waals surface area contributed by atoms with Gasteiger partial charge in [0.15, 0.2) is 0 Å². The van der Waals surface area contributed by atoms with Crippen molar-refractivity contribution in [2.75, 3.05) is 24.7 Å². The monoisotopic (exact) mass is 656 g/mol. The molecule has 3 heterocycles. The summed E-state index contributed by atoms with van der Waals surface area (Å²) in [6.45, 7) is 1.23. The Bertz CT molecular complexity index is 1920. The summed E-state index contributed by atoms with van der Waals surface area (Å²) in [5.41, 5.74) is -3.48. The highest BCUT2D eigenvalue weighted by Gasteiger charge is 2.39. The van der Waals surface area contributed by atoms with Crippen molar-refractivity contribution < 1.29 is 41.4 Å². The van der Waals surface area contributed by atoms with Gasteiger partial charge in [0.1, 0.15) is 23.2 Å². The molecule has 0 spiro atoms. The van der Waals surface area contributed by atoms with E-state index in [1.807, 2.05) is 4.90 Å². The second-order valence-electron chi connectivity index (χ2n) is 11.7. The Morgan fingerprint density at radius 1 is 1.11 bits per heavy atom. The second kappa shape index (κ2) is 12.4.